The van der Waals surface area contributed by atoms with E-state index in [9.17, 15) is 28.8 Å². The van der Waals surface area contributed by atoms with Crippen LogP contribution in [0.2, 0.25) is 0 Å². The molecule has 1 aromatic carbocycles. The first-order valence-corrected chi connectivity index (χ1v) is 22.9. The normalized spacial score (nSPS) is 20.3. The molecule has 0 spiro atoms. The van der Waals surface area contributed by atoms with Gasteiger partial charge in [-0.05, 0) is 92.5 Å². The lowest BCUT2D eigenvalue weighted by Gasteiger charge is -2.43. The third-order valence-corrected chi connectivity index (χ3v) is 13.3. The number of nitrogens with zero attached hydrogens (tertiary/aromatic N) is 7. The molecule has 7 heterocycles. The molecule has 0 saturated carbocycles. The van der Waals surface area contributed by atoms with Gasteiger partial charge in [0.25, 0.3) is 17.7 Å². The predicted octanol–water partition coefficient (Wildman–Crippen LogP) is 3.76. The average Bonchev–Trinajstić information content (AvgIpc) is 3.57. The Morgan fingerprint density at radius 1 is 0.844 bits per heavy atom. The highest BCUT2D eigenvalue weighted by Gasteiger charge is 2.44. The zero-order chi connectivity index (χ0) is 44.4. The number of carbonyl (C=O) groups excluding carboxylic acids is 6. The number of amides is 6. The van der Waals surface area contributed by atoms with Crippen LogP contribution in [-0.4, -0.2) is 143 Å². The van der Waals surface area contributed by atoms with Crippen LogP contribution in [0.15, 0.2) is 67.1 Å². The van der Waals surface area contributed by atoms with E-state index < -0.39 is 29.7 Å². The van der Waals surface area contributed by atoms with Gasteiger partial charge in [0.2, 0.25) is 17.7 Å². The van der Waals surface area contributed by atoms with Gasteiger partial charge in [0.1, 0.15) is 11.9 Å². The van der Waals surface area contributed by atoms with Crippen molar-refractivity contribution in [2.75, 3.05) is 70.3 Å². The maximum absolute atomic E-state index is 13.4. The third-order valence-electron chi connectivity index (χ3n) is 13.3. The van der Waals surface area contributed by atoms with E-state index in [0.717, 1.165) is 120 Å². The van der Waals surface area contributed by atoms with Crippen molar-refractivity contribution in [1.82, 2.24) is 40.2 Å². The summed E-state index contributed by atoms with van der Waals surface area (Å²) in [5.74, 6) is 5.80. The molecule has 1 unspecified atom stereocenters. The van der Waals surface area contributed by atoms with Crippen LogP contribution in [0.4, 0.5) is 5.82 Å². The Labute approximate surface area is 374 Å². The number of benzene rings is 1. The molecule has 15 nitrogen and oxygen atoms in total. The molecule has 1 atom stereocenters. The van der Waals surface area contributed by atoms with Crippen LogP contribution < -0.4 is 15.5 Å². The maximum Gasteiger partial charge on any atom is 0.262 e. The fourth-order valence-electron chi connectivity index (χ4n) is 9.52. The van der Waals surface area contributed by atoms with Crippen molar-refractivity contribution in [2.45, 2.75) is 76.3 Å². The molecule has 8 rings (SSSR count). The number of hydrogen-bond donors (Lipinski definition) is 2. The van der Waals surface area contributed by atoms with Gasteiger partial charge < -0.3 is 15.1 Å². The molecule has 5 aliphatic rings. The molecule has 5 aliphatic heterocycles. The lowest BCUT2D eigenvalue weighted by atomic mass is 9.91. The Morgan fingerprint density at radius 3 is 2.38 bits per heavy atom. The van der Waals surface area contributed by atoms with Crippen LogP contribution in [-0.2, 0) is 14.4 Å². The molecule has 4 fully saturated rings. The van der Waals surface area contributed by atoms with Crippen LogP contribution in [0.25, 0.3) is 6.08 Å². The predicted molar refractivity (Wildman–Crippen MR) is 241 cm³/mol. The number of fused-ring (bicyclic) bond motifs is 1. The zero-order valence-electron chi connectivity index (χ0n) is 36.4. The second-order valence-corrected chi connectivity index (χ2v) is 17.4. The zero-order valence-corrected chi connectivity index (χ0v) is 36.4. The third kappa shape index (κ3) is 10.9. The summed E-state index contributed by atoms with van der Waals surface area (Å²) >= 11 is 0. The van der Waals surface area contributed by atoms with Gasteiger partial charge in [-0.25, -0.2) is 4.98 Å². The number of imide groups is 2. The number of aromatic nitrogens is 2. The van der Waals surface area contributed by atoms with E-state index in [0.29, 0.717) is 36.1 Å². The van der Waals surface area contributed by atoms with Crippen molar-refractivity contribution in [1.29, 1.82) is 0 Å². The summed E-state index contributed by atoms with van der Waals surface area (Å²) in [6.45, 7) is 8.89. The highest BCUT2D eigenvalue weighted by molar-refractivity contribution is 6.23. The van der Waals surface area contributed by atoms with Crippen molar-refractivity contribution >= 4 is 47.3 Å². The van der Waals surface area contributed by atoms with Crippen LogP contribution >= 0.6 is 0 Å². The lowest BCUT2D eigenvalue weighted by Crippen LogP contribution is -2.54. The van der Waals surface area contributed by atoms with Crippen molar-refractivity contribution in [3.63, 3.8) is 0 Å². The first kappa shape index (κ1) is 44.4. The lowest BCUT2D eigenvalue weighted by molar-refractivity contribution is -0.136. The van der Waals surface area contributed by atoms with Crippen molar-refractivity contribution < 1.29 is 28.8 Å². The van der Waals surface area contributed by atoms with Crippen molar-refractivity contribution in [3.8, 4) is 11.8 Å². The molecule has 15 heteroatoms. The smallest absolute Gasteiger partial charge is 0.262 e. The molecule has 6 amide bonds. The maximum atomic E-state index is 13.4. The number of anilines is 1. The molecular formula is C49H57N9O6. The van der Waals surface area contributed by atoms with Crippen LogP contribution in [0.5, 0.6) is 0 Å². The number of unbranched alkanes of at least 4 members (excludes halogenated alkanes) is 1. The molecule has 3 aromatic rings. The minimum Gasteiger partial charge on any atom is -0.357 e. The number of piperidine rings is 3. The van der Waals surface area contributed by atoms with Gasteiger partial charge in [-0.15, -0.1) is 0 Å². The Morgan fingerprint density at radius 2 is 1.64 bits per heavy atom. The first-order valence-electron chi connectivity index (χ1n) is 22.9. The molecule has 0 bridgehead atoms. The van der Waals surface area contributed by atoms with E-state index in [1.807, 2.05) is 29.2 Å². The summed E-state index contributed by atoms with van der Waals surface area (Å²) in [5, 5.41) is 5.18. The summed E-state index contributed by atoms with van der Waals surface area (Å²) in [6.07, 6.45) is 16.6. The fourth-order valence-corrected chi connectivity index (χ4v) is 9.52. The summed E-state index contributed by atoms with van der Waals surface area (Å²) in [6, 6.07) is 12.2. The summed E-state index contributed by atoms with van der Waals surface area (Å²) in [5.41, 5.74) is 2.68. The van der Waals surface area contributed by atoms with Gasteiger partial charge in [0.15, 0.2) is 0 Å². The van der Waals surface area contributed by atoms with E-state index in [1.54, 1.807) is 48.9 Å². The molecule has 0 aliphatic carbocycles. The molecule has 64 heavy (non-hydrogen) atoms. The van der Waals surface area contributed by atoms with Gasteiger partial charge >= 0.3 is 0 Å². The standard InChI is InChI=1S/C49H57N9O6/c59-44(15-10-37-8-5-21-50-33-37)51-22-3-1-6-35-17-24-57(25-18-35)47(62)38-11-14-43(52-34-38)56-26-19-39(20-27-56)55-30-28-54(29-31-55)23-4-2-7-36-9-12-40-41(32-36)49(64)58(48(40)63)42-13-16-45(60)53-46(42)61/h5,8-12,14-15,21,32-35,39,42H,1,3-4,6,13,16-20,22-31H2,(H,51,59)(H,53,60,61)/b15-10+. The number of hydrogen-bond acceptors (Lipinski definition) is 11. The summed E-state index contributed by atoms with van der Waals surface area (Å²) in [7, 11) is 0. The first-order chi connectivity index (χ1) is 31.2. The number of nitrogens with one attached hydrogen (secondary N) is 2. The van der Waals surface area contributed by atoms with E-state index >= 15 is 0 Å². The highest BCUT2D eigenvalue weighted by Crippen LogP contribution is 2.29. The largest absolute Gasteiger partial charge is 0.357 e. The van der Waals surface area contributed by atoms with Crippen LogP contribution in [0.3, 0.4) is 0 Å². The van der Waals surface area contributed by atoms with E-state index in [2.05, 4.69) is 42.2 Å². The van der Waals surface area contributed by atoms with Gasteiger partial charge in [-0.3, -0.25) is 53.8 Å². The second-order valence-electron chi connectivity index (χ2n) is 17.4. The number of piperazine rings is 1. The molecule has 0 radical (unpaired) electrons. The Bertz CT molecular complexity index is 2280. The minimum absolute atomic E-state index is 0.0570. The average molecular weight is 868 g/mol. The monoisotopic (exact) mass is 867 g/mol. The van der Waals surface area contributed by atoms with Crippen molar-refractivity contribution in [2.24, 2.45) is 5.92 Å². The Kier molecular flexibility index (Phi) is 14.5. The van der Waals surface area contributed by atoms with Gasteiger partial charge in [-0.1, -0.05) is 30.7 Å². The second kappa shape index (κ2) is 21.0. The van der Waals surface area contributed by atoms with E-state index in [-0.39, 0.29) is 35.8 Å². The number of likely N-dealkylation sites (tertiary alicyclic amines) is 1. The minimum atomic E-state index is -0.987. The molecule has 334 valence electrons. The van der Waals surface area contributed by atoms with Crippen LogP contribution in [0, 0.1) is 17.8 Å². The number of pyridine rings is 2. The van der Waals surface area contributed by atoms with Gasteiger partial charge in [0, 0.05) is 115 Å². The molecule has 4 saturated heterocycles. The topological polar surface area (TPSA) is 168 Å². The fraction of sp³-hybridized carbons (Fsp3) is 0.469. The summed E-state index contributed by atoms with van der Waals surface area (Å²) in [4.78, 5) is 94.7. The molecule has 2 N–H and O–H groups in total. The highest BCUT2D eigenvalue weighted by atomic mass is 16.2. The van der Waals surface area contributed by atoms with E-state index in [4.69, 9.17) is 4.98 Å². The SMILES string of the molecule is O=C(/C=C/c1cccnc1)NCCCCC1CCN(C(=O)c2ccc(N3CCC(N4CCN(CCC#Cc5ccc6c(c5)C(=O)N(C5CCC(=O)NC5=O)C6=O)CC4)CC3)nc2)CC1. The number of carbonyl (C=O) groups is 6. The summed E-state index contributed by atoms with van der Waals surface area (Å²) < 4.78 is 0. The van der Waals surface area contributed by atoms with Gasteiger partial charge in [-0.2, -0.15) is 0 Å². The molecular weight excluding hydrogens is 811 g/mol. The Balaban J connectivity index is 0.693. The Hall–Kier alpha value is -6.24. The van der Waals surface area contributed by atoms with E-state index in [1.165, 1.54) is 0 Å². The van der Waals surface area contributed by atoms with Gasteiger partial charge in [0.05, 0.1) is 16.7 Å². The van der Waals surface area contributed by atoms with Crippen LogP contribution in [0.1, 0.15) is 106 Å². The quantitative estimate of drug-likeness (QED) is 0.111. The molecule has 2 aromatic heterocycles. The van der Waals surface area contributed by atoms with Crippen molar-refractivity contribution in [3.05, 3.63) is 94.9 Å². The number of rotatable bonds is 13.